The van der Waals surface area contributed by atoms with Gasteiger partial charge in [-0.3, -0.25) is 14.5 Å². The summed E-state index contributed by atoms with van der Waals surface area (Å²) in [4.78, 5) is 28.5. The summed E-state index contributed by atoms with van der Waals surface area (Å²) in [6.45, 7) is 6.97. The maximum Gasteiger partial charge on any atom is 0.301 e. The molecule has 0 spiro atoms. The summed E-state index contributed by atoms with van der Waals surface area (Å²) in [6.07, 6.45) is 0.864. The van der Waals surface area contributed by atoms with Crippen LogP contribution in [-0.2, 0) is 15.3 Å². The van der Waals surface area contributed by atoms with Crippen LogP contribution in [0.5, 0.6) is 11.5 Å². The molecular formula is C33H32FN3O5S2. The molecule has 1 atom stereocenters. The number of halogens is 1. The van der Waals surface area contributed by atoms with Crippen molar-refractivity contribution in [2.45, 2.75) is 43.3 Å². The Balaban J connectivity index is 1.54. The number of benzene rings is 3. The Labute approximate surface area is 263 Å². The number of thioether (sulfide) groups is 1. The first-order valence-electron chi connectivity index (χ1n) is 14.2. The Hall–Kier alpha value is -4.22. The first kappa shape index (κ1) is 31.2. The van der Waals surface area contributed by atoms with Gasteiger partial charge in [0.25, 0.3) is 5.78 Å². The van der Waals surface area contributed by atoms with Crippen molar-refractivity contribution in [1.82, 2.24) is 10.2 Å². The monoisotopic (exact) mass is 633 g/mol. The van der Waals surface area contributed by atoms with Crippen LogP contribution in [0.4, 0.5) is 9.52 Å². The number of ketones is 1. The van der Waals surface area contributed by atoms with Crippen molar-refractivity contribution in [3.63, 3.8) is 0 Å². The molecule has 0 aliphatic carbocycles. The molecule has 11 heteroatoms. The van der Waals surface area contributed by atoms with Crippen LogP contribution in [0.3, 0.4) is 0 Å². The number of anilines is 1. The van der Waals surface area contributed by atoms with E-state index in [4.69, 9.17) is 9.47 Å². The molecule has 1 unspecified atom stereocenters. The molecule has 0 saturated carbocycles. The van der Waals surface area contributed by atoms with Gasteiger partial charge in [0, 0.05) is 11.3 Å². The molecule has 1 aromatic heterocycles. The minimum absolute atomic E-state index is 0.0622. The van der Waals surface area contributed by atoms with E-state index in [9.17, 15) is 19.1 Å². The van der Waals surface area contributed by atoms with Gasteiger partial charge in [-0.25, -0.2) is 4.39 Å². The van der Waals surface area contributed by atoms with Gasteiger partial charge in [0.1, 0.15) is 11.6 Å². The molecule has 4 aromatic rings. The van der Waals surface area contributed by atoms with Gasteiger partial charge in [0.2, 0.25) is 5.13 Å². The molecule has 5 rings (SSSR count). The van der Waals surface area contributed by atoms with Gasteiger partial charge in [-0.15, -0.1) is 10.2 Å². The van der Waals surface area contributed by atoms with Crippen molar-refractivity contribution in [3.8, 4) is 11.5 Å². The lowest BCUT2D eigenvalue weighted by Gasteiger charge is -2.23. The Morgan fingerprint density at radius 2 is 1.77 bits per heavy atom. The number of Topliss-reactive ketones (excluding diaryl/α,β-unsaturated/α-hetero) is 1. The van der Waals surface area contributed by atoms with Gasteiger partial charge in [-0.2, -0.15) is 0 Å². The quantitative estimate of drug-likeness (QED) is 0.0566. The largest absolute Gasteiger partial charge is 0.507 e. The molecule has 1 amide bonds. The second-order valence-electron chi connectivity index (χ2n) is 10.5. The van der Waals surface area contributed by atoms with Crippen LogP contribution in [0.2, 0.25) is 0 Å². The van der Waals surface area contributed by atoms with Crippen molar-refractivity contribution >= 4 is 45.7 Å². The molecule has 2 heterocycles. The van der Waals surface area contributed by atoms with E-state index in [1.54, 1.807) is 60.7 Å². The van der Waals surface area contributed by atoms with Gasteiger partial charge in [0.15, 0.2) is 15.8 Å². The van der Waals surface area contributed by atoms with Gasteiger partial charge in [-0.1, -0.05) is 85.5 Å². The lowest BCUT2D eigenvalue weighted by atomic mass is 9.95. The summed E-state index contributed by atoms with van der Waals surface area (Å²) in [6, 6.07) is 19.1. The van der Waals surface area contributed by atoms with E-state index in [-0.39, 0.29) is 22.3 Å². The number of hydrogen-bond donors (Lipinski definition) is 1. The van der Waals surface area contributed by atoms with E-state index >= 15 is 0 Å². The van der Waals surface area contributed by atoms with Crippen LogP contribution in [0.15, 0.2) is 82.7 Å². The third-order valence-electron chi connectivity index (χ3n) is 6.91. The SMILES string of the molecule is CCOc1cc(C2C(=C(O)c3ccccc3)C(=O)C(=O)N2c2nnc(SCc3ccc(F)cc3)s2)ccc1OCCC(C)C. The lowest BCUT2D eigenvalue weighted by Crippen LogP contribution is -2.29. The smallest absolute Gasteiger partial charge is 0.301 e. The van der Waals surface area contributed by atoms with Gasteiger partial charge in [0.05, 0.1) is 24.8 Å². The third-order valence-corrected chi connectivity index (χ3v) is 9.03. The number of hydrogen-bond acceptors (Lipinski definition) is 9. The van der Waals surface area contributed by atoms with Gasteiger partial charge >= 0.3 is 5.91 Å². The minimum Gasteiger partial charge on any atom is -0.507 e. The highest BCUT2D eigenvalue weighted by Crippen LogP contribution is 2.45. The first-order valence-corrected chi connectivity index (χ1v) is 16.0. The molecule has 1 aliphatic rings. The number of aliphatic hydroxyl groups excluding tert-OH is 1. The van der Waals surface area contributed by atoms with Gasteiger partial charge < -0.3 is 14.6 Å². The van der Waals surface area contributed by atoms with Crippen LogP contribution in [-0.4, -0.2) is 40.2 Å². The molecule has 1 fully saturated rings. The maximum atomic E-state index is 13.6. The van der Waals surface area contributed by atoms with Crippen LogP contribution in [0.1, 0.15) is 49.9 Å². The highest BCUT2D eigenvalue weighted by atomic mass is 32.2. The second kappa shape index (κ2) is 14.0. The molecule has 1 aliphatic heterocycles. The number of aromatic nitrogens is 2. The zero-order chi connectivity index (χ0) is 31.2. The predicted molar refractivity (Wildman–Crippen MR) is 170 cm³/mol. The van der Waals surface area contributed by atoms with Crippen molar-refractivity contribution in [1.29, 1.82) is 0 Å². The van der Waals surface area contributed by atoms with E-state index in [1.165, 1.54) is 28.8 Å². The van der Waals surface area contributed by atoms with E-state index < -0.39 is 17.7 Å². The fourth-order valence-corrected chi connectivity index (χ4v) is 6.49. The molecule has 228 valence electrons. The highest BCUT2D eigenvalue weighted by Gasteiger charge is 2.48. The van der Waals surface area contributed by atoms with Crippen molar-refractivity contribution < 1.29 is 28.6 Å². The minimum atomic E-state index is -0.998. The zero-order valence-electron chi connectivity index (χ0n) is 24.5. The lowest BCUT2D eigenvalue weighted by molar-refractivity contribution is -0.132. The van der Waals surface area contributed by atoms with E-state index in [1.807, 2.05) is 6.92 Å². The van der Waals surface area contributed by atoms with E-state index in [0.717, 1.165) is 23.3 Å². The van der Waals surface area contributed by atoms with Crippen LogP contribution in [0, 0.1) is 11.7 Å². The molecular weight excluding hydrogens is 602 g/mol. The Bertz CT molecular complexity index is 1660. The summed E-state index contributed by atoms with van der Waals surface area (Å²) in [5.74, 6) is -0.267. The van der Waals surface area contributed by atoms with Crippen molar-refractivity contribution in [3.05, 3.63) is 101 Å². The topological polar surface area (TPSA) is 102 Å². The van der Waals surface area contributed by atoms with Crippen molar-refractivity contribution in [2.24, 2.45) is 5.92 Å². The number of nitrogens with zero attached hydrogens (tertiary/aromatic N) is 3. The number of aliphatic hydroxyl groups is 1. The Kier molecular flexibility index (Phi) is 9.96. The first-order chi connectivity index (χ1) is 21.3. The van der Waals surface area contributed by atoms with Crippen LogP contribution < -0.4 is 14.4 Å². The molecule has 1 N–H and O–H groups in total. The number of rotatable bonds is 12. The summed E-state index contributed by atoms with van der Waals surface area (Å²) < 4.78 is 25.8. The molecule has 44 heavy (non-hydrogen) atoms. The maximum absolute atomic E-state index is 13.6. The van der Waals surface area contributed by atoms with Crippen LogP contribution in [0.25, 0.3) is 5.76 Å². The summed E-state index contributed by atoms with van der Waals surface area (Å²) in [5, 5.41) is 20.1. The number of amides is 1. The molecule has 8 nitrogen and oxygen atoms in total. The fourth-order valence-electron chi connectivity index (χ4n) is 4.67. The van der Waals surface area contributed by atoms with E-state index in [2.05, 4.69) is 24.0 Å². The molecule has 1 saturated heterocycles. The molecule has 0 radical (unpaired) electrons. The highest BCUT2D eigenvalue weighted by molar-refractivity contribution is 8.00. The summed E-state index contributed by atoms with van der Waals surface area (Å²) in [5.41, 5.74) is 1.78. The second-order valence-corrected chi connectivity index (χ2v) is 12.6. The number of carbonyl (C=O) groups excluding carboxylic acids is 2. The average molecular weight is 634 g/mol. The molecule has 0 bridgehead atoms. The standard InChI is InChI=1S/C33H32FN3O5S2/c1-4-41-26-18-23(12-15-25(26)42-17-16-20(2)3)28-27(29(38)22-8-6-5-7-9-22)30(39)31(40)37(28)32-35-36-33(44-32)43-19-21-10-13-24(34)14-11-21/h5-15,18,20,28,38H,4,16-17,19H2,1-3H3. The van der Waals surface area contributed by atoms with E-state index in [0.29, 0.717) is 51.9 Å². The number of ether oxygens (including phenoxy) is 2. The fraction of sp³-hybridized carbons (Fsp3) is 0.273. The zero-order valence-corrected chi connectivity index (χ0v) is 26.2. The Morgan fingerprint density at radius 3 is 2.48 bits per heavy atom. The number of carbonyl (C=O) groups is 2. The van der Waals surface area contributed by atoms with Gasteiger partial charge in [-0.05, 0) is 54.7 Å². The van der Waals surface area contributed by atoms with Crippen LogP contribution >= 0.6 is 23.1 Å². The summed E-state index contributed by atoms with van der Waals surface area (Å²) >= 11 is 2.54. The molecule has 3 aromatic carbocycles. The summed E-state index contributed by atoms with van der Waals surface area (Å²) in [7, 11) is 0. The average Bonchev–Trinajstić information content (AvgIpc) is 3.59. The third kappa shape index (κ3) is 6.95. The van der Waals surface area contributed by atoms with Crippen molar-refractivity contribution in [2.75, 3.05) is 18.1 Å². The normalized spacial score (nSPS) is 16.1. The predicted octanol–water partition coefficient (Wildman–Crippen LogP) is 7.42. The Morgan fingerprint density at radius 1 is 1.02 bits per heavy atom.